The lowest BCUT2D eigenvalue weighted by atomic mass is 10.0. The third kappa shape index (κ3) is 2.95. The molecule has 0 saturated carbocycles. The Labute approximate surface area is 148 Å². The topological polar surface area (TPSA) is 63.0 Å². The number of thiazole rings is 1. The Morgan fingerprint density at radius 1 is 1.04 bits per heavy atom. The summed E-state index contributed by atoms with van der Waals surface area (Å²) < 4.78 is 80.2. The molecule has 0 fully saturated rings. The van der Waals surface area contributed by atoms with Gasteiger partial charge in [0.05, 0.1) is 15.8 Å². The van der Waals surface area contributed by atoms with E-state index in [9.17, 15) is 31.1 Å². The fourth-order valence-corrected chi connectivity index (χ4v) is 3.46. The zero-order valence-corrected chi connectivity index (χ0v) is 13.6. The maximum Gasteiger partial charge on any atom is 0.453 e. The second-order valence-corrected chi connectivity index (χ2v) is 6.54. The highest BCUT2D eigenvalue weighted by Gasteiger charge is 2.39. The molecule has 0 spiro atoms. The predicted molar refractivity (Wildman–Crippen MR) is 84.4 cm³/mol. The van der Waals surface area contributed by atoms with Crippen LogP contribution in [0, 0.1) is 0 Å². The molecule has 0 saturated heterocycles. The van der Waals surface area contributed by atoms with Gasteiger partial charge in [-0.1, -0.05) is 17.4 Å². The summed E-state index contributed by atoms with van der Waals surface area (Å²) in [5, 5.41) is 3.22. The summed E-state index contributed by atoms with van der Waals surface area (Å²) in [6.45, 7) is 0. The first kappa shape index (κ1) is 17.5. The van der Waals surface area contributed by atoms with Gasteiger partial charge >= 0.3 is 17.2 Å². The molecular formula is C15H6F6N4OS. The molecule has 140 valence electrons. The van der Waals surface area contributed by atoms with Crippen LogP contribution >= 0.6 is 11.3 Å². The monoisotopic (exact) mass is 404 g/mol. The standard InChI is InChI=1S/C15H6F6N4OS/c16-14(17,18)7-3-4-25-11(23-12(24-25)15(19,20)21)10(7)6-1-2-8-9(5-6)27-13(26)22-8/h1-5H,(H,22,26). The molecule has 0 aliphatic carbocycles. The summed E-state index contributed by atoms with van der Waals surface area (Å²) in [7, 11) is 0. The maximum absolute atomic E-state index is 13.5. The van der Waals surface area contributed by atoms with Crippen molar-refractivity contribution in [1.29, 1.82) is 0 Å². The summed E-state index contributed by atoms with van der Waals surface area (Å²) in [6, 6.07) is 4.59. The fraction of sp³-hybridized carbons (Fsp3) is 0.133. The van der Waals surface area contributed by atoms with E-state index in [1.165, 1.54) is 18.2 Å². The van der Waals surface area contributed by atoms with Crippen molar-refractivity contribution >= 4 is 27.2 Å². The number of aromatic amines is 1. The van der Waals surface area contributed by atoms with Crippen LogP contribution in [0.2, 0.25) is 0 Å². The Balaban J connectivity index is 2.07. The van der Waals surface area contributed by atoms with Crippen molar-refractivity contribution < 1.29 is 26.3 Å². The minimum Gasteiger partial charge on any atom is -0.312 e. The first-order valence-corrected chi connectivity index (χ1v) is 8.03. The Bertz CT molecular complexity index is 1230. The van der Waals surface area contributed by atoms with E-state index in [4.69, 9.17) is 0 Å². The van der Waals surface area contributed by atoms with Gasteiger partial charge in [-0.3, -0.25) is 4.79 Å². The number of hydrogen-bond acceptors (Lipinski definition) is 4. The number of hydrogen-bond donors (Lipinski definition) is 1. The van der Waals surface area contributed by atoms with Gasteiger partial charge in [0, 0.05) is 11.8 Å². The highest BCUT2D eigenvalue weighted by atomic mass is 32.1. The lowest BCUT2D eigenvalue weighted by Gasteiger charge is -2.13. The fourth-order valence-electron chi connectivity index (χ4n) is 2.69. The Morgan fingerprint density at radius 2 is 1.78 bits per heavy atom. The van der Waals surface area contributed by atoms with E-state index in [1.54, 1.807) is 0 Å². The van der Waals surface area contributed by atoms with Gasteiger partial charge in [-0.2, -0.15) is 26.3 Å². The summed E-state index contributed by atoms with van der Waals surface area (Å²) in [5.41, 5.74) is -1.91. The summed E-state index contributed by atoms with van der Waals surface area (Å²) in [6.07, 6.45) is -8.97. The van der Waals surface area contributed by atoms with Crippen molar-refractivity contribution in [2.24, 2.45) is 0 Å². The Morgan fingerprint density at radius 3 is 2.44 bits per heavy atom. The second kappa shape index (κ2) is 5.55. The zero-order chi connectivity index (χ0) is 19.6. The number of H-pyrrole nitrogens is 1. The number of benzene rings is 1. The average Bonchev–Trinajstić information content (AvgIpc) is 3.13. The van der Waals surface area contributed by atoms with Gasteiger partial charge in [-0.15, -0.1) is 5.10 Å². The molecule has 3 heterocycles. The lowest BCUT2D eigenvalue weighted by Crippen LogP contribution is -2.09. The molecule has 1 N–H and O–H groups in total. The smallest absolute Gasteiger partial charge is 0.312 e. The molecule has 4 aromatic rings. The third-order valence-corrected chi connectivity index (χ3v) is 4.62. The molecule has 27 heavy (non-hydrogen) atoms. The first-order valence-electron chi connectivity index (χ1n) is 7.21. The van der Waals surface area contributed by atoms with Crippen LogP contribution in [-0.4, -0.2) is 19.6 Å². The number of pyridine rings is 1. The molecule has 0 atom stereocenters. The molecule has 0 radical (unpaired) electrons. The normalized spacial score (nSPS) is 13.0. The van der Waals surface area contributed by atoms with E-state index in [0.717, 1.165) is 17.5 Å². The third-order valence-electron chi connectivity index (χ3n) is 3.78. The quantitative estimate of drug-likeness (QED) is 0.480. The van der Waals surface area contributed by atoms with Crippen molar-refractivity contribution in [1.82, 2.24) is 19.6 Å². The molecular weight excluding hydrogens is 398 g/mol. The molecule has 0 aliphatic heterocycles. The van der Waals surface area contributed by atoms with Crippen molar-refractivity contribution in [2.75, 3.05) is 0 Å². The van der Waals surface area contributed by atoms with Crippen LogP contribution in [0.5, 0.6) is 0 Å². The molecule has 0 amide bonds. The van der Waals surface area contributed by atoms with Crippen LogP contribution < -0.4 is 4.87 Å². The van der Waals surface area contributed by atoms with Crippen molar-refractivity contribution in [3.8, 4) is 11.1 Å². The number of rotatable bonds is 1. The van der Waals surface area contributed by atoms with Crippen molar-refractivity contribution in [3.05, 3.63) is 51.5 Å². The van der Waals surface area contributed by atoms with E-state index < -0.39 is 39.8 Å². The van der Waals surface area contributed by atoms with Gasteiger partial charge in [-0.25, -0.2) is 9.50 Å². The van der Waals surface area contributed by atoms with Gasteiger partial charge < -0.3 is 4.98 Å². The van der Waals surface area contributed by atoms with E-state index in [-0.39, 0.29) is 5.56 Å². The number of nitrogens with zero attached hydrogens (tertiary/aromatic N) is 3. The molecule has 5 nitrogen and oxygen atoms in total. The summed E-state index contributed by atoms with van der Waals surface area (Å²) in [5.74, 6) is -1.55. The SMILES string of the molecule is O=c1[nH]c2ccc(-c3c(C(F)(F)F)ccn4nc(C(F)(F)F)nc34)cc2s1. The van der Waals surface area contributed by atoms with Crippen LogP contribution in [0.3, 0.4) is 0 Å². The summed E-state index contributed by atoms with van der Waals surface area (Å²) >= 11 is 0.774. The molecule has 0 aliphatic rings. The van der Waals surface area contributed by atoms with Gasteiger partial charge in [0.15, 0.2) is 5.65 Å². The number of fused-ring (bicyclic) bond motifs is 2. The van der Waals surface area contributed by atoms with Crippen LogP contribution in [-0.2, 0) is 12.4 Å². The molecule has 4 rings (SSSR count). The van der Waals surface area contributed by atoms with Crippen LogP contribution in [0.4, 0.5) is 26.3 Å². The van der Waals surface area contributed by atoms with Crippen LogP contribution in [0.1, 0.15) is 11.4 Å². The van der Waals surface area contributed by atoms with Gasteiger partial charge in [0.1, 0.15) is 0 Å². The van der Waals surface area contributed by atoms with E-state index >= 15 is 0 Å². The van der Waals surface area contributed by atoms with Crippen molar-refractivity contribution in [3.63, 3.8) is 0 Å². The van der Waals surface area contributed by atoms with Crippen LogP contribution in [0.25, 0.3) is 27.0 Å². The highest BCUT2D eigenvalue weighted by Crippen LogP contribution is 2.40. The number of aromatic nitrogens is 4. The Kier molecular flexibility index (Phi) is 3.60. The van der Waals surface area contributed by atoms with Gasteiger partial charge in [0.25, 0.3) is 5.82 Å². The second-order valence-electron chi connectivity index (χ2n) is 5.53. The molecule has 0 unspecified atom stereocenters. The number of halogens is 6. The van der Waals surface area contributed by atoms with E-state index in [1.807, 2.05) is 0 Å². The van der Waals surface area contributed by atoms with Crippen LogP contribution in [0.15, 0.2) is 35.3 Å². The minimum atomic E-state index is -4.91. The zero-order valence-electron chi connectivity index (χ0n) is 12.8. The first-order chi connectivity index (χ1) is 12.5. The van der Waals surface area contributed by atoms with E-state index in [2.05, 4.69) is 15.1 Å². The van der Waals surface area contributed by atoms with Crippen molar-refractivity contribution in [2.45, 2.75) is 12.4 Å². The van der Waals surface area contributed by atoms with Gasteiger partial charge in [-0.05, 0) is 23.8 Å². The average molecular weight is 404 g/mol. The highest BCUT2D eigenvalue weighted by molar-refractivity contribution is 7.16. The predicted octanol–water partition coefficient (Wildman–Crippen LogP) is 4.34. The number of nitrogens with one attached hydrogen (secondary N) is 1. The van der Waals surface area contributed by atoms with E-state index in [0.29, 0.717) is 20.8 Å². The number of alkyl halides is 6. The lowest BCUT2D eigenvalue weighted by molar-refractivity contribution is -0.144. The summed E-state index contributed by atoms with van der Waals surface area (Å²) in [4.78, 5) is 16.8. The molecule has 12 heteroatoms. The minimum absolute atomic E-state index is 0.0307. The largest absolute Gasteiger partial charge is 0.453 e. The molecule has 3 aromatic heterocycles. The molecule has 0 bridgehead atoms. The Hall–Kier alpha value is -2.89. The van der Waals surface area contributed by atoms with Gasteiger partial charge in [0.2, 0.25) is 0 Å². The molecule has 1 aromatic carbocycles. The maximum atomic E-state index is 13.5.